The van der Waals surface area contributed by atoms with Crippen LogP contribution < -0.4 is 5.73 Å². The summed E-state index contributed by atoms with van der Waals surface area (Å²) in [5.74, 6) is 0.225. The first-order valence-corrected chi connectivity index (χ1v) is 6.35. The summed E-state index contributed by atoms with van der Waals surface area (Å²) >= 11 is 1.52. The smallest absolute Gasteiger partial charge is 0.321 e. The van der Waals surface area contributed by atoms with Gasteiger partial charge in [0.05, 0.1) is 6.33 Å². The van der Waals surface area contributed by atoms with E-state index in [4.69, 9.17) is 10.8 Å². The molecule has 0 radical (unpaired) electrons. The van der Waals surface area contributed by atoms with Crippen molar-refractivity contribution in [2.45, 2.75) is 31.7 Å². The van der Waals surface area contributed by atoms with Crippen molar-refractivity contribution in [3.8, 4) is 0 Å². The van der Waals surface area contributed by atoms with Gasteiger partial charge in [-0.05, 0) is 6.42 Å². The van der Waals surface area contributed by atoms with Crippen LogP contribution in [0.4, 0.5) is 0 Å². The van der Waals surface area contributed by atoms with Gasteiger partial charge in [0.1, 0.15) is 6.04 Å². The number of carboxylic acid groups (broad SMARTS) is 1. The third-order valence-electron chi connectivity index (χ3n) is 2.13. The lowest BCUT2D eigenvalue weighted by molar-refractivity contribution is -0.137. The van der Waals surface area contributed by atoms with Gasteiger partial charge < -0.3 is 15.4 Å². The van der Waals surface area contributed by atoms with Gasteiger partial charge in [-0.25, -0.2) is 4.98 Å². The normalized spacial score (nSPS) is 12.6. The van der Waals surface area contributed by atoms with Crippen molar-refractivity contribution in [3.05, 3.63) is 18.2 Å². The fourth-order valence-corrected chi connectivity index (χ4v) is 2.24. The predicted molar refractivity (Wildman–Crippen MR) is 64.3 cm³/mol. The molecule has 5 nitrogen and oxygen atoms in total. The van der Waals surface area contributed by atoms with Gasteiger partial charge in [-0.1, -0.05) is 6.92 Å². The van der Waals surface area contributed by atoms with E-state index in [0.717, 1.165) is 24.4 Å². The summed E-state index contributed by atoms with van der Waals surface area (Å²) in [6.07, 6.45) is 4.67. The standard InChI is InChI=1S/C10H17N3O2S/c1-2-3-13-7-12-4-8(13)5-16-6-9(11)10(14)15/h4,7,9H,2-3,5-6,11H2,1H3,(H,14,15)/t9-/m1/s1. The van der Waals surface area contributed by atoms with E-state index in [2.05, 4.69) is 16.5 Å². The molecule has 0 amide bonds. The maximum absolute atomic E-state index is 10.5. The lowest BCUT2D eigenvalue weighted by atomic mass is 10.4. The van der Waals surface area contributed by atoms with Crippen LogP contribution in [0.2, 0.25) is 0 Å². The lowest BCUT2D eigenvalue weighted by Crippen LogP contribution is -2.32. The molecule has 0 aliphatic rings. The summed E-state index contributed by atoms with van der Waals surface area (Å²) < 4.78 is 2.08. The summed E-state index contributed by atoms with van der Waals surface area (Å²) in [5, 5.41) is 8.62. The molecular weight excluding hydrogens is 226 g/mol. The molecule has 6 heteroatoms. The third kappa shape index (κ3) is 3.86. The van der Waals surface area contributed by atoms with Crippen LogP contribution in [0.25, 0.3) is 0 Å². The summed E-state index contributed by atoms with van der Waals surface area (Å²) in [5.41, 5.74) is 6.53. The Bertz CT molecular complexity index is 341. The van der Waals surface area contributed by atoms with E-state index in [1.165, 1.54) is 11.8 Å². The quantitative estimate of drug-likeness (QED) is 0.745. The van der Waals surface area contributed by atoms with Gasteiger partial charge in [0.2, 0.25) is 0 Å². The van der Waals surface area contributed by atoms with E-state index in [1.54, 1.807) is 6.33 Å². The number of rotatable bonds is 7. The minimum atomic E-state index is -0.949. The van der Waals surface area contributed by atoms with Crippen molar-refractivity contribution in [1.29, 1.82) is 0 Å². The molecular formula is C10H17N3O2S. The zero-order chi connectivity index (χ0) is 12.0. The number of carbonyl (C=O) groups is 1. The van der Waals surface area contributed by atoms with Gasteiger partial charge in [0, 0.05) is 29.9 Å². The Hall–Kier alpha value is -1.01. The minimum absolute atomic E-state index is 0.423. The molecule has 90 valence electrons. The number of thioether (sulfide) groups is 1. The summed E-state index contributed by atoms with van der Waals surface area (Å²) in [6.45, 7) is 3.05. The predicted octanol–water partition coefficient (Wildman–Crippen LogP) is 0.938. The number of nitrogens with two attached hydrogens (primary N) is 1. The topological polar surface area (TPSA) is 81.1 Å². The van der Waals surface area contributed by atoms with Gasteiger partial charge in [-0.15, -0.1) is 0 Å². The van der Waals surface area contributed by atoms with E-state index in [1.807, 2.05) is 6.20 Å². The molecule has 1 rings (SSSR count). The lowest BCUT2D eigenvalue weighted by Gasteiger charge is -2.08. The number of nitrogens with zero attached hydrogens (tertiary/aromatic N) is 2. The first-order valence-electron chi connectivity index (χ1n) is 5.20. The van der Waals surface area contributed by atoms with Gasteiger partial charge in [0.25, 0.3) is 0 Å². The van der Waals surface area contributed by atoms with E-state index < -0.39 is 12.0 Å². The molecule has 3 N–H and O–H groups in total. The molecule has 0 fully saturated rings. The Morgan fingerprint density at radius 1 is 1.75 bits per heavy atom. The highest BCUT2D eigenvalue weighted by Crippen LogP contribution is 2.13. The van der Waals surface area contributed by atoms with Crippen molar-refractivity contribution in [1.82, 2.24) is 9.55 Å². The van der Waals surface area contributed by atoms with Crippen LogP contribution in [0.1, 0.15) is 19.0 Å². The van der Waals surface area contributed by atoms with E-state index in [9.17, 15) is 4.79 Å². The van der Waals surface area contributed by atoms with Gasteiger partial charge >= 0.3 is 5.97 Å². The van der Waals surface area contributed by atoms with Crippen molar-refractivity contribution in [3.63, 3.8) is 0 Å². The van der Waals surface area contributed by atoms with E-state index in [0.29, 0.717) is 5.75 Å². The van der Waals surface area contributed by atoms with Crippen LogP contribution in [-0.4, -0.2) is 32.4 Å². The summed E-state index contributed by atoms with van der Waals surface area (Å²) in [7, 11) is 0. The minimum Gasteiger partial charge on any atom is -0.480 e. The number of carboxylic acids is 1. The largest absolute Gasteiger partial charge is 0.480 e. The molecule has 0 saturated heterocycles. The number of aryl methyl sites for hydroxylation is 1. The SMILES string of the molecule is CCCn1cncc1CSC[C@@H](N)C(=O)O. The number of aromatic nitrogens is 2. The maximum Gasteiger partial charge on any atom is 0.321 e. The Morgan fingerprint density at radius 3 is 3.12 bits per heavy atom. The Labute approximate surface area is 99.0 Å². The molecule has 1 aromatic heterocycles. The summed E-state index contributed by atoms with van der Waals surface area (Å²) in [4.78, 5) is 14.6. The Morgan fingerprint density at radius 2 is 2.50 bits per heavy atom. The summed E-state index contributed by atoms with van der Waals surface area (Å²) in [6, 6.07) is -0.785. The van der Waals surface area contributed by atoms with Crippen LogP contribution in [-0.2, 0) is 17.1 Å². The molecule has 0 aliphatic heterocycles. The Balaban J connectivity index is 2.36. The van der Waals surface area contributed by atoms with E-state index >= 15 is 0 Å². The van der Waals surface area contributed by atoms with Crippen molar-refractivity contribution >= 4 is 17.7 Å². The average molecular weight is 243 g/mol. The molecule has 1 heterocycles. The number of aliphatic carboxylic acids is 1. The van der Waals surface area contributed by atoms with Crippen molar-refractivity contribution in [2.24, 2.45) is 5.73 Å². The second-order valence-corrected chi connectivity index (χ2v) is 4.57. The fraction of sp³-hybridized carbons (Fsp3) is 0.600. The second kappa shape index (κ2) is 6.55. The van der Waals surface area contributed by atoms with Crippen molar-refractivity contribution in [2.75, 3.05) is 5.75 Å². The molecule has 1 aromatic rings. The zero-order valence-electron chi connectivity index (χ0n) is 9.30. The van der Waals surface area contributed by atoms with Crippen molar-refractivity contribution < 1.29 is 9.90 Å². The number of hydrogen-bond acceptors (Lipinski definition) is 4. The Kier molecular flexibility index (Phi) is 5.34. The first kappa shape index (κ1) is 13.1. The van der Waals surface area contributed by atoms with Gasteiger partial charge in [0.15, 0.2) is 0 Å². The molecule has 16 heavy (non-hydrogen) atoms. The second-order valence-electron chi connectivity index (χ2n) is 3.54. The molecule has 1 atom stereocenters. The first-order chi connectivity index (χ1) is 7.65. The third-order valence-corrected chi connectivity index (χ3v) is 3.22. The molecule has 0 aliphatic carbocycles. The molecule has 0 unspecified atom stereocenters. The van der Waals surface area contributed by atoms with Crippen LogP contribution in [0.3, 0.4) is 0 Å². The molecule has 0 bridgehead atoms. The fourth-order valence-electron chi connectivity index (χ4n) is 1.27. The van der Waals surface area contributed by atoms with Crippen LogP contribution in [0.15, 0.2) is 12.5 Å². The van der Waals surface area contributed by atoms with Crippen LogP contribution in [0, 0.1) is 0 Å². The monoisotopic (exact) mass is 243 g/mol. The van der Waals surface area contributed by atoms with E-state index in [-0.39, 0.29) is 0 Å². The highest BCUT2D eigenvalue weighted by molar-refractivity contribution is 7.98. The molecule has 0 spiro atoms. The van der Waals surface area contributed by atoms with Crippen LogP contribution >= 0.6 is 11.8 Å². The van der Waals surface area contributed by atoms with Gasteiger partial charge in [-0.2, -0.15) is 11.8 Å². The zero-order valence-corrected chi connectivity index (χ0v) is 10.1. The maximum atomic E-state index is 10.5. The van der Waals surface area contributed by atoms with Crippen LogP contribution in [0.5, 0.6) is 0 Å². The number of hydrogen-bond donors (Lipinski definition) is 2. The molecule has 0 saturated carbocycles. The highest BCUT2D eigenvalue weighted by Gasteiger charge is 2.11. The number of imidazole rings is 1. The average Bonchev–Trinajstić information content (AvgIpc) is 2.66. The highest BCUT2D eigenvalue weighted by atomic mass is 32.2. The van der Waals surface area contributed by atoms with Gasteiger partial charge in [-0.3, -0.25) is 4.79 Å². The molecule has 0 aromatic carbocycles.